The third-order valence-corrected chi connectivity index (χ3v) is 2.66. The van der Waals surface area contributed by atoms with E-state index < -0.39 is 0 Å². The van der Waals surface area contributed by atoms with Gasteiger partial charge in [0.25, 0.3) is 5.56 Å². The van der Waals surface area contributed by atoms with Gasteiger partial charge in [-0.05, 0) is 30.7 Å². The van der Waals surface area contributed by atoms with Crippen LogP contribution in [0.25, 0.3) is 11.4 Å². The van der Waals surface area contributed by atoms with Gasteiger partial charge >= 0.3 is 0 Å². The molecular formula is C11H9BrN2O2. The first-order valence-electron chi connectivity index (χ1n) is 4.63. The third-order valence-electron chi connectivity index (χ3n) is 2.17. The van der Waals surface area contributed by atoms with Crippen LogP contribution in [0.2, 0.25) is 0 Å². The fourth-order valence-electron chi connectivity index (χ4n) is 1.47. The molecule has 0 unspecified atom stereocenters. The van der Waals surface area contributed by atoms with Crippen LogP contribution in [0.1, 0.15) is 5.56 Å². The fourth-order valence-corrected chi connectivity index (χ4v) is 1.94. The Labute approximate surface area is 100 Å². The molecule has 0 aliphatic carbocycles. The summed E-state index contributed by atoms with van der Waals surface area (Å²) >= 11 is 3.36. The zero-order chi connectivity index (χ0) is 11.7. The number of halogens is 1. The maximum absolute atomic E-state index is 11.2. The Morgan fingerprint density at radius 2 is 2.12 bits per heavy atom. The first-order valence-corrected chi connectivity index (χ1v) is 5.42. The average Bonchev–Trinajstić information content (AvgIpc) is 2.15. The molecule has 0 spiro atoms. The van der Waals surface area contributed by atoms with E-state index in [4.69, 9.17) is 0 Å². The fraction of sp³-hybridized carbons (Fsp3) is 0.0909. The molecule has 1 aromatic heterocycles. The second-order valence-corrected chi connectivity index (χ2v) is 4.33. The molecule has 4 nitrogen and oxygen atoms in total. The Bertz CT molecular complexity index is 593. The predicted molar refractivity (Wildman–Crippen MR) is 64.4 cm³/mol. The van der Waals surface area contributed by atoms with Crippen LogP contribution in [-0.4, -0.2) is 15.1 Å². The van der Waals surface area contributed by atoms with Gasteiger partial charge in [0, 0.05) is 10.0 Å². The SMILES string of the molecule is Cc1cc(Br)ccc1-c1nc(O)cc(=O)[nH]1. The van der Waals surface area contributed by atoms with Crippen LogP contribution in [-0.2, 0) is 0 Å². The zero-order valence-corrected chi connectivity index (χ0v) is 10.1. The number of rotatable bonds is 1. The van der Waals surface area contributed by atoms with E-state index in [0.29, 0.717) is 5.82 Å². The molecule has 0 radical (unpaired) electrons. The number of benzene rings is 1. The van der Waals surface area contributed by atoms with Crippen LogP contribution in [0.4, 0.5) is 0 Å². The van der Waals surface area contributed by atoms with Crippen LogP contribution < -0.4 is 5.56 Å². The van der Waals surface area contributed by atoms with Gasteiger partial charge in [0.05, 0.1) is 6.07 Å². The molecule has 0 aliphatic rings. The summed E-state index contributed by atoms with van der Waals surface area (Å²) < 4.78 is 0.955. The summed E-state index contributed by atoms with van der Waals surface area (Å²) in [4.78, 5) is 17.7. The maximum Gasteiger partial charge on any atom is 0.254 e. The molecule has 0 atom stereocenters. The van der Waals surface area contributed by atoms with Gasteiger partial charge in [0.15, 0.2) is 0 Å². The largest absolute Gasteiger partial charge is 0.493 e. The normalized spacial score (nSPS) is 10.4. The van der Waals surface area contributed by atoms with Gasteiger partial charge in [-0.1, -0.05) is 15.9 Å². The van der Waals surface area contributed by atoms with Gasteiger partial charge in [-0.25, -0.2) is 0 Å². The Hall–Kier alpha value is -1.62. The number of aryl methyl sites for hydroxylation is 1. The molecule has 2 aromatic rings. The van der Waals surface area contributed by atoms with Gasteiger partial charge in [0.1, 0.15) is 5.82 Å². The monoisotopic (exact) mass is 280 g/mol. The Kier molecular flexibility index (Phi) is 2.78. The lowest BCUT2D eigenvalue weighted by Gasteiger charge is -2.05. The van der Waals surface area contributed by atoms with E-state index in [2.05, 4.69) is 25.9 Å². The molecule has 1 aromatic carbocycles. The number of aromatic hydroxyl groups is 1. The molecule has 82 valence electrons. The molecule has 0 fully saturated rings. The molecule has 0 saturated carbocycles. The number of aromatic amines is 1. The molecule has 0 bridgehead atoms. The molecule has 16 heavy (non-hydrogen) atoms. The van der Waals surface area contributed by atoms with Gasteiger partial charge in [-0.3, -0.25) is 4.79 Å². The van der Waals surface area contributed by atoms with Crippen molar-refractivity contribution in [1.82, 2.24) is 9.97 Å². The third kappa shape index (κ3) is 2.14. The van der Waals surface area contributed by atoms with Gasteiger partial charge in [-0.2, -0.15) is 4.98 Å². The van der Waals surface area contributed by atoms with Crippen molar-refractivity contribution in [2.75, 3.05) is 0 Å². The van der Waals surface area contributed by atoms with E-state index in [1.807, 2.05) is 25.1 Å². The minimum atomic E-state index is -0.371. The van der Waals surface area contributed by atoms with Gasteiger partial charge in [-0.15, -0.1) is 0 Å². The first kappa shape index (κ1) is 10.9. The van der Waals surface area contributed by atoms with Gasteiger partial charge < -0.3 is 10.1 Å². The molecular weight excluding hydrogens is 272 g/mol. The summed E-state index contributed by atoms with van der Waals surface area (Å²) in [5, 5.41) is 9.26. The van der Waals surface area contributed by atoms with E-state index in [1.165, 1.54) is 0 Å². The summed E-state index contributed by atoms with van der Waals surface area (Å²) in [7, 11) is 0. The van der Waals surface area contributed by atoms with E-state index in [9.17, 15) is 9.90 Å². The minimum absolute atomic E-state index is 0.277. The van der Waals surface area contributed by atoms with Crippen molar-refractivity contribution < 1.29 is 5.11 Å². The molecule has 0 aliphatic heterocycles. The lowest BCUT2D eigenvalue weighted by molar-refractivity contribution is 0.452. The van der Waals surface area contributed by atoms with E-state index >= 15 is 0 Å². The number of nitrogens with zero attached hydrogens (tertiary/aromatic N) is 1. The second-order valence-electron chi connectivity index (χ2n) is 3.41. The molecule has 2 rings (SSSR count). The molecule has 2 N–H and O–H groups in total. The number of H-pyrrole nitrogens is 1. The minimum Gasteiger partial charge on any atom is -0.493 e. The first-order chi connectivity index (χ1) is 7.56. The second kappa shape index (κ2) is 4.09. The molecule has 5 heteroatoms. The highest BCUT2D eigenvalue weighted by molar-refractivity contribution is 9.10. The van der Waals surface area contributed by atoms with Crippen molar-refractivity contribution in [3.8, 4) is 17.3 Å². The van der Waals surface area contributed by atoms with Crippen LogP contribution in [0.15, 0.2) is 33.5 Å². The summed E-state index contributed by atoms with van der Waals surface area (Å²) in [5.41, 5.74) is 1.38. The van der Waals surface area contributed by atoms with E-state index in [0.717, 1.165) is 21.7 Å². The Balaban J connectivity index is 2.63. The molecule has 0 amide bonds. The summed E-state index contributed by atoms with van der Waals surface area (Å²) in [6.45, 7) is 1.91. The maximum atomic E-state index is 11.2. The van der Waals surface area contributed by atoms with Crippen LogP contribution in [0.5, 0.6) is 5.88 Å². The van der Waals surface area contributed by atoms with Gasteiger partial charge in [0.2, 0.25) is 5.88 Å². The summed E-state index contributed by atoms with van der Waals surface area (Å²) in [5.74, 6) is 0.0936. The number of hydrogen-bond acceptors (Lipinski definition) is 3. The average molecular weight is 281 g/mol. The topological polar surface area (TPSA) is 66.0 Å². The standard InChI is InChI=1S/C11H9BrN2O2/c1-6-4-7(12)2-3-8(6)11-13-9(15)5-10(16)14-11/h2-5H,1H3,(H2,13,14,15,16). The smallest absolute Gasteiger partial charge is 0.254 e. The Morgan fingerprint density at radius 1 is 1.38 bits per heavy atom. The van der Waals surface area contributed by atoms with Crippen molar-refractivity contribution in [2.24, 2.45) is 0 Å². The lowest BCUT2D eigenvalue weighted by Crippen LogP contribution is -2.07. The molecule has 1 heterocycles. The van der Waals surface area contributed by atoms with Crippen LogP contribution in [0, 0.1) is 6.92 Å². The number of nitrogens with one attached hydrogen (secondary N) is 1. The summed E-state index contributed by atoms with van der Waals surface area (Å²) in [6.07, 6.45) is 0. The number of hydrogen-bond donors (Lipinski definition) is 2. The zero-order valence-electron chi connectivity index (χ0n) is 8.49. The molecule has 0 saturated heterocycles. The van der Waals surface area contributed by atoms with Crippen molar-refractivity contribution >= 4 is 15.9 Å². The number of aromatic nitrogens is 2. The highest BCUT2D eigenvalue weighted by Gasteiger charge is 2.06. The highest BCUT2D eigenvalue weighted by Crippen LogP contribution is 2.23. The van der Waals surface area contributed by atoms with Crippen molar-refractivity contribution in [2.45, 2.75) is 6.92 Å². The van der Waals surface area contributed by atoms with E-state index in [1.54, 1.807) is 0 Å². The van der Waals surface area contributed by atoms with Crippen molar-refractivity contribution in [3.05, 3.63) is 44.7 Å². The Morgan fingerprint density at radius 3 is 2.75 bits per heavy atom. The highest BCUT2D eigenvalue weighted by atomic mass is 79.9. The van der Waals surface area contributed by atoms with E-state index in [-0.39, 0.29) is 11.4 Å². The van der Waals surface area contributed by atoms with Crippen molar-refractivity contribution in [1.29, 1.82) is 0 Å². The quantitative estimate of drug-likeness (QED) is 0.842. The van der Waals surface area contributed by atoms with Crippen LogP contribution >= 0.6 is 15.9 Å². The van der Waals surface area contributed by atoms with Crippen molar-refractivity contribution in [3.63, 3.8) is 0 Å². The van der Waals surface area contributed by atoms with Crippen LogP contribution in [0.3, 0.4) is 0 Å². The lowest BCUT2D eigenvalue weighted by atomic mass is 10.1. The predicted octanol–water partition coefficient (Wildman–Crippen LogP) is 2.21. The summed E-state index contributed by atoms with van der Waals surface area (Å²) in [6, 6.07) is 6.64.